The van der Waals surface area contributed by atoms with Gasteiger partial charge in [0.25, 0.3) is 0 Å². The van der Waals surface area contributed by atoms with E-state index in [1.807, 2.05) is 0 Å². The maximum atomic E-state index is 5.36. The van der Waals surface area contributed by atoms with Gasteiger partial charge in [-0.3, -0.25) is 0 Å². The predicted molar refractivity (Wildman–Crippen MR) is 49.4 cm³/mol. The summed E-state index contributed by atoms with van der Waals surface area (Å²) in [7, 11) is 0. The van der Waals surface area contributed by atoms with Gasteiger partial charge in [0.1, 0.15) is 0 Å². The minimum atomic E-state index is 1.13. The van der Waals surface area contributed by atoms with Crippen molar-refractivity contribution in [2.45, 2.75) is 39.0 Å². The van der Waals surface area contributed by atoms with Crippen LogP contribution in [0.2, 0.25) is 0 Å². The first-order valence-corrected chi connectivity index (χ1v) is 4.52. The van der Waals surface area contributed by atoms with Crippen molar-refractivity contribution in [1.29, 1.82) is 0 Å². The molecule has 0 aliphatic heterocycles. The van der Waals surface area contributed by atoms with Crippen LogP contribution in [0.5, 0.6) is 0 Å². The normalized spacial score (nSPS) is 18.7. The summed E-state index contributed by atoms with van der Waals surface area (Å²) in [5, 5.41) is 2.46. The van der Waals surface area contributed by atoms with Gasteiger partial charge in [-0.05, 0) is 44.2 Å². The topological polar surface area (TPSA) is 0 Å². The number of allylic oxidation sites excluding steroid dienone is 2. The van der Waals surface area contributed by atoms with Crippen molar-refractivity contribution in [3.8, 4) is 11.3 Å². The second kappa shape index (κ2) is 4.46. The highest BCUT2D eigenvalue weighted by atomic mass is 35.5. The molecule has 0 spiro atoms. The largest absolute Gasteiger partial charge is 0.0617 e. The lowest BCUT2D eigenvalue weighted by Crippen LogP contribution is -1.82. The molecule has 11 heavy (non-hydrogen) atoms. The monoisotopic (exact) mass is 168 g/mol. The van der Waals surface area contributed by atoms with Crippen LogP contribution in [0.15, 0.2) is 11.1 Å². The smallest absolute Gasteiger partial charge is 0.00918 e. The highest BCUT2D eigenvalue weighted by Gasteiger charge is 2.04. The van der Waals surface area contributed by atoms with Crippen molar-refractivity contribution in [2.75, 3.05) is 0 Å². The summed E-state index contributed by atoms with van der Waals surface area (Å²) in [5.41, 5.74) is 2.72. The Hall–Kier alpha value is -0.410. The van der Waals surface area contributed by atoms with E-state index in [0.29, 0.717) is 0 Å². The van der Waals surface area contributed by atoms with Crippen molar-refractivity contribution in [2.24, 2.45) is 0 Å². The molecule has 1 rings (SSSR count). The van der Waals surface area contributed by atoms with Crippen LogP contribution in [0, 0.1) is 11.3 Å². The molecule has 0 heterocycles. The predicted octanol–water partition coefficient (Wildman–Crippen LogP) is 3.47. The number of halogens is 1. The van der Waals surface area contributed by atoms with Gasteiger partial charge in [0, 0.05) is 11.0 Å². The fraction of sp³-hybridized carbons (Fsp3) is 0.600. The molecule has 0 bridgehead atoms. The van der Waals surface area contributed by atoms with E-state index in [2.05, 4.69) is 18.2 Å². The highest BCUT2D eigenvalue weighted by Crippen LogP contribution is 2.22. The van der Waals surface area contributed by atoms with E-state index in [1.54, 1.807) is 0 Å². The van der Waals surface area contributed by atoms with E-state index < -0.39 is 0 Å². The molecular formula is C10H13Cl. The summed E-state index contributed by atoms with van der Waals surface area (Å²) in [4.78, 5) is 0. The third-order valence-electron chi connectivity index (χ3n) is 2.19. The molecule has 0 nitrogen and oxygen atoms in total. The zero-order chi connectivity index (χ0) is 8.10. The van der Waals surface area contributed by atoms with Crippen molar-refractivity contribution in [3.05, 3.63) is 11.1 Å². The SMILES string of the molecule is CC1=C(C#CCl)CCCCC1. The summed E-state index contributed by atoms with van der Waals surface area (Å²) in [5.74, 6) is 2.97. The van der Waals surface area contributed by atoms with Gasteiger partial charge in [-0.25, -0.2) is 0 Å². The van der Waals surface area contributed by atoms with Crippen LogP contribution in [0.4, 0.5) is 0 Å². The molecule has 0 unspecified atom stereocenters. The molecule has 0 saturated carbocycles. The average Bonchev–Trinajstić information content (AvgIpc) is 2.18. The lowest BCUT2D eigenvalue weighted by molar-refractivity contribution is 0.709. The van der Waals surface area contributed by atoms with Gasteiger partial charge in [0.2, 0.25) is 0 Å². The zero-order valence-electron chi connectivity index (χ0n) is 6.91. The molecule has 0 aromatic heterocycles. The zero-order valence-corrected chi connectivity index (χ0v) is 7.67. The molecule has 0 aromatic rings. The summed E-state index contributed by atoms with van der Waals surface area (Å²) in [6.45, 7) is 2.17. The summed E-state index contributed by atoms with van der Waals surface area (Å²) in [6.07, 6.45) is 6.27. The van der Waals surface area contributed by atoms with E-state index in [4.69, 9.17) is 11.6 Å². The first kappa shape index (κ1) is 8.68. The molecule has 0 fully saturated rings. The molecule has 0 aromatic carbocycles. The Kier molecular flexibility index (Phi) is 3.52. The van der Waals surface area contributed by atoms with Crippen molar-refractivity contribution in [1.82, 2.24) is 0 Å². The Balaban J connectivity index is 2.73. The van der Waals surface area contributed by atoms with Gasteiger partial charge in [-0.2, -0.15) is 0 Å². The Morgan fingerprint density at radius 3 is 2.64 bits per heavy atom. The minimum absolute atomic E-state index is 1.13. The van der Waals surface area contributed by atoms with Crippen LogP contribution in [0.25, 0.3) is 0 Å². The maximum absolute atomic E-state index is 5.36. The lowest BCUT2D eigenvalue weighted by Gasteiger charge is -1.98. The van der Waals surface area contributed by atoms with Crippen molar-refractivity contribution < 1.29 is 0 Å². The molecule has 0 N–H and O–H groups in total. The minimum Gasteiger partial charge on any atom is -0.0617 e. The molecular weight excluding hydrogens is 156 g/mol. The average molecular weight is 169 g/mol. The van der Waals surface area contributed by atoms with Gasteiger partial charge >= 0.3 is 0 Å². The van der Waals surface area contributed by atoms with Gasteiger partial charge in [-0.15, -0.1) is 0 Å². The second-order valence-corrected chi connectivity index (χ2v) is 3.23. The van der Waals surface area contributed by atoms with Crippen LogP contribution in [0.1, 0.15) is 39.0 Å². The first-order valence-electron chi connectivity index (χ1n) is 4.15. The summed E-state index contributed by atoms with van der Waals surface area (Å²) in [6, 6.07) is 0. The van der Waals surface area contributed by atoms with E-state index in [1.165, 1.54) is 36.8 Å². The Labute approximate surface area is 73.6 Å². The summed E-state index contributed by atoms with van der Waals surface area (Å²) < 4.78 is 0. The molecule has 60 valence electrons. The van der Waals surface area contributed by atoms with Crippen LogP contribution in [-0.2, 0) is 0 Å². The van der Waals surface area contributed by atoms with Crippen molar-refractivity contribution in [3.63, 3.8) is 0 Å². The lowest BCUT2D eigenvalue weighted by atomic mass is 10.1. The molecule has 0 saturated heterocycles. The van der Waals surface area contributed by atoms with E-state index in [0.717, 1.165) is 6.42 Å². The Bertz CT molecular complexity index is 215. The number of hydrogen-bond acceptors (Lipinski definition) is 0. The first-order chi connectivity index (χ1) is 5.34. The number of rotatable bonds is 0. The number of hydrogen-bond donors (Lipinski definition) is 0. The molecule has 1 heteroatoms. The molecule has 0 atom stereocenters. The Morgan fingerprint density at radius 1 is 1.18 bits per heavy atom. The Morgan fingerprint density at radius 2 is 1.91 bits per heavy atom. The van der Waals surface area contributed by atoms with E-state index >= 15 is 0 Å². The fourth-order valence-electron chi connectivity index (χ4n) is 1.46. The fourth-order valence-corrected chi connectivity index (χ4v) is 1.57. The quantitative estimate of drug-likeness (QED) is 0.486. The molecule has 0 amide bonds. The van der Waals surface area contributed by atoms with Crippen LogP contribution >= 0.6 is 11.6 Å². The molecule has 1 aliphatic rings. The second-order valence-electron chi connectivity index (χ2n) is 3.04. The van der Waals surface area contributed by atoms with Crippen LogP contribution < -0.4 is 0 Å². The van der Waals surface area contributed by atoms with Gasteiger partial charge in [0.05, 0.1) is 0 Å². The molecule has 0 radical (unpaired) electrons. The van der Waals surface area contributed by atoms with Crippen LogP contribution in [0.3, 0.4) is 0 Å². The van der Waals surface area contributed by atoms with Gasteiger partial charge < -0.3 is 0 Å². The van der Waals surface area contributed by atoms with Crippen molar-refractivity contribution >= 4 is 11.6 Å². The third-order valence-corrected chi connectivity index (χ3v) is 2.29. The van der Waals surface area contributed by atoms with Gasteiger partial charge in [-0.1, -0.05) is 17.9 Å². The maximum Gasteiger partial charge on any atom is 0.00918 e. The highest BCUT2D eigenvalue weighted by molar-refractivity contribution is 6.30. The summed E-state index contributed by atoms with van der Waals surface area (Å²) >= 11 is 5.36. The molecule has 1 aliphatic carbocycles. The standard InChI is InChI=1S/C10H13Cl/c1-9-5-3-2-4-6-10(9)7-8-11/h2-6H2,1H3. The van der Waals surface area contributed by atoms with E-state index in [9.17, 15) is 0 Å². The van der Waals surface area contributed by atoms with Crippen LogP contribution in [-0.4, -0.2) is 0 Å². The van der Waals surface area contributed by atoms with E-state index in [-0.39, 0.29) is 0 Å². The third kappa shape index (κ3) is 2.60. The van der Waals surface area contributed by atoms with Gasteiger partial charge in [0.15, 0.2) is 0 Å².